The summed E-state index contributed by atoms with van der Waals surface area (Å²) >= 11 is 3.58. The molecule has 0 unspecified atom stereocenters. The first-order valence-electron chi connectivity index (χ1n) is 11.2. The van der Waals surface area contributed by atoms with Crippen molar-refractivity contribution < 1.29 is 19.1 Å². The highest BCUT2D eigenvalue weighted by atomic mass is 79.9. The van der Waals surface area contributed by atoms with Crippen LogP contribution >= 0.6 is 15.9 Å². The molecule has 0 spiro atoms. The lowest BCUT2D eigenvalue weighted by atomic mass is 10.1. The number of hydrogen-bond donors (Lipinski definition) is 0. The van der Waals surface area contributed by atoms with E-state index in [0.29, 0.717) is 46.0 Å². The Kier molecular flexibility index (Phi) is 7.46. The molecule has 1 aliphatic heterocycles. The summed E-state index contributed by atoms with van der Waals surface area (Å²) in [6.45, 7) is 6.49. The van der Waals surface area contributed by atoms with Crippen LogP contribution in [0.1, 0.15) is 40.9 Å². The minimum Gasteiger partial charge on any atom is -0.490 e. The molecular formula is C28H25BrN2O4. The van der Waals surface area contributed by atoms with Crippen LogP contribution in [0, 0.1) is 6.92 Å². The molecule has 0 fully saturated rings. The van der Waals surface area contributed by atoms with Crippen molar-refractivity contribution >= 4 is 39.5 Å². The number of hydrazone groups is 1. The van der Waals surface area contributed by atoms with Crippen LogP contribution in [0.2, 0.25) is 0 Å². The molecule has 2 amide bonds. The Labute approximate surface area is 213 Å². The lowest BCUT2D eigenvalue weighted by molar-refractivity contribution is -0.123. The third-order valence-corrected chi connectivity index (χ3v) is 6.01. The highest BCUT2D eigenvalue weighted by Crippen LogP contribution is 2.38. The van der Waals surface area contributed by atoms with E-state index in [-0.39, 0.29) is 0 Å². The van der Waals surface area contributed by atoms with Crippen LogP contribution in [0.4, 0.5) is 0 Å². The monoisotopic (exact) mass is 532 g/mol. The maximum atomic E-state index is 13.0. The number of ether oxygens (including phenoxy) is 2. The van der Waals surface area contributed by atoms with Gasteiger partial charge in [-0.05, 0) is 78.2 Å². The highest BCUT2D eigenvalue weighted by Gasteiger charge is 2.33. The summed E-state index contributed by atoms with van der Waals surface area (Å²) in [7, 11) is 0. The molecule has 0 N–H and O–H groups in total. The average molecular weight is 533 g/mol. The Bertz CT molecular complexity index is 1310. The molecule has 3 aromatic rings. The van der Waals surface area contributed by atoms with Crippen molar-refractivity contribution in [3.63, 3.8) is 0 Å². The van der Waals surface area contributed by atoms with Crippen molar-refractivity contribution in [2.75, 3.05) is 6.61 Å². The van der Waals surface area contributed by atoms with Gasteiger partial charge in [-0.25, -0.2) is 0 Å². The zero-order valence-electron chi connectivity index (χ0n) is 19.7. The van der Waals surface area contributed by atoms with Gasteiger partial charge >= 0.3 is 0 Å². The number of aryl methyl sites for hydroxylation is 1. The number of imide groups is 1. The molecule has 0 aliphatic carbocycles. The first kappa shape index (κ1) is 24.4. The summed E-state index contributed by atoms with van der Waals surface area (Å²) in [5, 5.41) is 5.12. The SMILES string of the molecule is CCOc1cc(/C=C2/C(=O)N(C(=O)c3ccccc3)N=C2C)cc(Br)c1OCc1ccc(C)cc1. The Morgan fingerprint density at radius 3 is 2.43 bits per heavy atom. The molecular weight excluding hydrogens is 508 g/mol. The fourth-order valence-corrected chi connectivity index (χ4v) is 4.18. The van der Waals surface area contributed by atoms with Gasteiger partial charge in [-0.15, -0.1) is 0 Å². The van der Waals surface area contributed by atoms with Crippen molar-refractivity contribution in [1.29, 1.82) is 0 Å². The number of amides is 2. The van der Waals surface area contributed by atoms with Crippen LogP contribution in [0.5, 0.6) is 11.5 Å². The second kappa shape index (κ2) is 10.7. The van der Waals surface area contributed by atoms with E-state index in [4.69, 9.17) is 9.47 Å². The fraction of sp³-hybridized carbons (Fsp3) is 0.179. The summed E-state index contributed by atoms with van der Waals surface area (Å²) in [5.74, 6) is 0.205. The average Bonchev–Trinajstić information content (AvgIpc) is 3.13. The van der Waals surface area contributed by atoms with Crippen LogP contribution in [0.25, 0.3) is 6.08 Å². The number of nitrogens with zero attached hydrogens (tertiary/aromatic N) is 2. The van der Waals surface area contributed by atoms with E-state index in [1.165, 1.54) is 5.56 Å². The molecule has 1 heterocycles. The summed E-state index contributed by atoms with van der Waals surface area (Å²) in [4.78, 5) is 25.8. The Morgan fingerprint density at radius 1 is 1.03 bits per heavy atom. The second-order valence-corrected chi connectivity index (χ2v) is 8.92. The number of carbonyl (C=O) groups is 2. The van der Waals surface area contributed by atoms with Crippen molar-refractivity contribution in [1.82, 2.24) is 5.01 Å². The van der Waals surface area contributed by atoms with Gasteiger partial charge in [-0.1, -0.05) is 48.0 Å². The maximum absolute atomic E-state index is 13.0. The summed E-state index contributed by atoms with van der Waals surface area (Å²) in [6, 6.07) is 20.4. The summed E-state index contributed by atoms with van der Waals surface area (Å²) in [6.07, 6.45) is 1.70. The van der Waals surface area contributed by atoms with Gasteiger partial charge in [-0.2, -0.15) is 10.1 Å². The molecule has 35 heavy (non-hydrogen) atoms. The fourth-order valence-electron chi connectivity index (χ4n) is 3.61. The summed E-state index contributed by atoms with van der Waals surface area (Å²) in [5.41, 5.74) is 4.16. The molecule has 3 aromatic carbocycles. The quantitative estimate of drug-likeness (QED) is 0.269. The van der Waals surface area contributed by atoms with Crippen LogP contribution in [0.15, 0.2) is 81.9 Å². The first-order chi connectivity index (χ1) is 16.9. The molecule has 178 valence electrons. The van der Waals surface area contributed by atoms with Crippen molar-refractivity contribution in [3.8, 4) is 11.5 Å². The molecule has 0 radical (unpaired) electrons. The van der Waals surface area contributed by atoms with E-state index < -0.39 is 11.8 Å². The molecule has 0 aromatic heterocycles. The standard InChI is InChI=1S/C28H25BrN2O4/c1-4-34-25-16-21(15-24(29)26(25)35-17-20-12-10-18(2)11-13-20)14-23-19(3)30-31(28(23)33)27(32)22-8-6-5-7-9-22/h5-16H,4,17H2,1-3H3/b23-14+. The van der Waals surface area contributed by atoms with Gasteiger partial charge in [0.15, 0.2) is 11.5 Å². The lowest BCUT2D eigenvalue weighted by Gasteiger charge is -2.15. The zero-order chi connectivity index (χ0) is 24.9. The largest absolute Gasteiger partial charge is 0.490 e. The van der Waals surface area contributed by atoms with Crippen molar-refractivity contribution in [2.45, 2.75) is 27.4 Å². The third-order valence-electron chi connectivity index (χ3n) is 5.42. The molecule has 6 nitrogen and oxygen atoms in total. The minimum atomic E-state index is -0.467. The zero-order valence-corrected chi connectivity index (χ0v) is 21.3. The highest BCUT2D eigenvalue weighted by molar-refractivity contribution is 9.10. The normalized spacial score (nSPS) is 14.3. The Balaban J connectivity index is 1.59. The van der Waals surface area contributed by atoms with Gasteiger partial charge in [0.25, 0.3) is 11.8 Å². The van der Waals surface area contributed by atoms with E-state index in [9.17, 15) is 9.59 Å². The van der Waals surface area contributed by atoms with Crippen LogP contribution in [-0.2, 0) is 11.4 Å². The van der Waals surface area contributed by atoms with Crippen LogP contribution in [0.3, 0.4) is 0 Å². The number of carbonyl (C=O) groups excluding carboxylic acids is 2. The molecule has 1 aliphatic rings. The lowest BCUT2D eigenvalue weighted by Crippen LogP contribution is -2.29. The number of halogens is 1. The van der Waals surface area contributed by atoms with Crippen LogP contribution < -0.4 is 9.47 Å². The maximum Gasteiger partial charge on any atom is 0.283 e. The van der Waals surface area contributed by atoms with E-state index in [1.54, 1.807) is 37.3 Å². The smallest absolute Gasteiger partial charge is 0.283 e. The van der Waals surface area contributed by atoms with Gasteiger partial charge in [0, 0.05) is 5.56 Å². The Morgan fingerprint density at radius 2 is 1.74 bits per heavy atom. The van der Waals surface area contributed by atoms with E-state index in [2.05, 4.69) is 21.0 Å². The van der Waals surface area contributed by atoms with Crippen LogP contribution in [-0.4, -0.2) is 29.1 Å². The summed E-state index contributed by atoms with van der Waals surface area (Å²) < 4.78 is 12.6. The second-order valence-electron chi connectivity index (χ2n) is 8.07. The number of benzene rings is 3. The number of rotatable bonds is 7. The van der Waals surface area contributed by atoms with Crippen molar-refractivity contribution in [2.24, 2.45) is 5.10 Å². The molecule has 0 saturated heterocycles. The minimum absolute atomic E-state index is 0.344. The van der Waals surface area contributed by atoms with Gasteiger partial charge < -0.3 is 9.47 Å². The predicted octanol–water partition coefficient (Wildman–Crippen LogP) is 6.18. The topological polar surface area (TPSA) is 68.2 Å². The van der Waals surface area contributed by atoms with Gasteiger partial charge in [0.05, 0.1) is 22.4 Å². The molecule has 0 saturated carbocycles. The van der Waals surface area contributed by atoms with Gasteiger partial charge in [-0.3, -0.25) is 9.59 Å². The van der Waals surface area contributed by atoms with Gasteiger partial charge in [0.1, 0.15) is 6.61 Å². The Hall–Kier alpha value is -3.71. The predicted molar refractivity (Wildman–Crippen MR) is 140 cm³/mol. The molecule has 0 atom stereocenters. The van der Waals surface area contributed by atoms with E-state index >= 15 is 0 Å². The van der Waals surface area contributed by atoms with E-state index in [0.717, 1.165) is 16.1 Å². The van der Waals surface area contributed by atoms with E-state index in [1.807, 2.05) is 56.3 Å². The molecule has 0 bridgehead atoms. The molecule has 7 heteroatoms. The van der Waals surface area contributed by atoms with Crippen molar-refractivity contribution in [3.05, 3.63) is 99.0 Å². The molecule has 4 rings (SSSR count). The third kappa shape index (κ3) is 5.52. The first-order valence-corrected chi connectivity index (χ1v) is 12.0. The number of hydrogen-bond acceptors (Lipinski definition) is 5. The van der Waals surface area contributed by atoms with Gasteiger partial charge in [0.2, 0.25) is 0 Å².